The third-order valence-corrected chi connectivity index (χ3v) is 3.56. The van der Waals surface area contributed by atoms with Gasteiger partial charge < -0.3 is 10.1 Å². The van der Waals surface area contributed by atoms with E-state index in [1.807, 2.05) is 30.3 Å². The molecular formula is C16H18BrClN2O. The molecule has 1 N–H and O–H groups in total. The van der Waals surface area contributed by atoms with Crippen LogP contribution in [0.2, 0.25) is 5.02 Å². The number of benzene rings is 1. The molecule has 0 saturated carbocycles. The van der Waals surface area contributed by atoms with Crippen molar-refractivity contribution in [2.45, 2.75) is 20.4 Å². The lowest BCUT2D eigenvalue weighted by atomic mass is 10.2. The Kier molecular flexibility index (Phi) is 6.03. The Morgan fingerprint density at radius 3 is 2.81 bits per heavy atom. The van der Waals surface area contributed by atoms with Crippen molar-refractivity contribution in [2.75, 3.05) is 6.54 Å². The fourth-order valence-electron chi connectivity index (χ4n) is 1.79. The Morgan fingerprint density at radius 2 is 2.10 bits per heavy atom. The Morgan fingerprint density at radius 1 is 1.29 bits per heavy atom. The Bertz CT molecular complexity index is 605. The van der Waals surface area contributed by atoms with E-state index in [0.717, 1.165) is 29.0 Å². The highest BCUT2D eigenvalue weighted by molar-refractivity contribution is 9.10. The van der Waals surface area contributed by atoms with Crippen molar-refractivity contribution < 1.29 is 4.74 Å². The van der Waals surface area contributed by atoms with Gasteiger partial charge >= 0.3 is 0 Å². The average molecular weight is 370 g/mol. The van der Waals surface area contributed by atoms with Crippen LogP contribution in [0.5, 0.6) is 11.5 Å². The number of rotatable bonds is 6. The van der Waals surface area contributed by atoms with Crippen molar-refractivity contribution in [1.29, 1.82) is 0 Å². The molecule has 1 aromatic carbocycles. The van der Waals surface area contributed by atoms with Crippen molar-refractivity contribution in [3.8, 4) is 11.5 Å². The van der Waals surface area contributed by atoms with Gasteiger partial charge in [-0.25, -0.2) is 0 Å². The van der Waals surface area contributed by atoms with Crippen LogP contribution < -0.4 is 10.1 Å². The molecule has 0 aliphatic heterocycles. The van der Waals surface area contributed by atoms with E-state index >= 15 is 0 Å². The minimum absolute atomic E-state index is 0.570. The molecule has 3 nitrogen and oxygen atoms in total. The minimum Gasteiger partial charge on any atom is -0.456 e. The van der Waals surface area contributed by atoms with Gasteiger partial charge in [0.2, 0.25) is 0 Å². The van der Waals surface area contributed by atoms with Crippen LogP contribution in [-0.4, -0.2) is 11.5 Å². The van der Waals surface area contributed by atoms with Gasteiger partial charge in [-0.2, -0.15) is 0 Å². The van der Waals surface area contributed by atoms with Gasteiger partial charge in [-0.15, -0.1) is 0 Å². The zero-order chi connectivity index (χ0) is 15.2. The topological polar surface area (TPSA) is 34.1 Å². The van der Waals surface area contributed by atoms with Crippen molar-refractivity contribution in [3.05, 3.63) is 51.7 Å². The molecule has 0 aliphatic carbocycles. The maximum absolute atomic E-state index is 6.15. The molecule has 0 aliphatic rings. The van der Waals surface area contributed by atoms with E-state index in [0.29, 0.717) is 16.7 Å². The molecule has 2 rings (SSSR count). The van der Waals surface area contributed by atoms with Crippen LogP contribution in [0.15, 0.2) is 41.0 Å². The van der Waals surface area contributed by atoms with E-state index in [1.54, 1.807) is 6.20 Å². The number of nitrogens with one attached hydrogen (secondary N) is 1. The summed E-state index contributed by atoms with van der Waals surface area (Å²) in [6, 6.07) is 9.29. The molecule has 0 atom stereocenters. The van der Waals surface area contributed by atoms with Gasteiger partial charge in [0.1, 0.15) is 11.5 Å². The highest BCUT2D eigenvalue weighted by atomic mass is 79.9. The summed E-state index contributed by atoms with van der Waals surface area (Å²) in [6.07, 6.45) is 1.74. The van der Waals surface area contributed by atoms with Crippen molar-refractivity contribution in [2.24, 2.45) is 5.92 Å². The van der Waals surface area contributed by atoms with Crippen LogP contribution in [0, 0.1) is 5.92 Å². The van der Waals surface area contributed by atoms with E-state index in [9.17, 15) is 0 Å². The number of halogens is 2. The number of nitrogens with zero attached hydrogens (tertiary/aromatic N) is 1. The second-order valence-corrected chi connectivity index (χ2v) is 6.51. The smallest absolute Gasteiger partial charge is 0.146 e. The lowest BCUT2D eigenvalue weighted by Crippen LogP contribution is -2.19. The molecule has 0 radical (unpaired) electrons. The van der Waals surface area contributed by atoms with E-state index < -0.39 is 0 Å². The molecule has 5 heteroatoms. The maximum Gasteiger partial charge on any atom is 0.146 e. The van der Waals surface area contributed by atoms with Gasteiger partial charge in [-0.05, 0) is 36.7 Å². The van der Waals surface area contributed by atoms with E-state index in [-0.39, 0.29) is 0 Å². The Labute approximate surface area is 138 Å². The number of pyridine rings is 1. The predicted octanol–water partition coefficient (Wildman–Crippen LogP) is 5.04. The molecule has 1 aromatic heterocycles. The van der Waals surface area contributed by atoms with Gasteiger partial charge in [0.15, 0.2) is 0 Å². The number of hydrogen-bond donors (Lipinski definition) is 1. The molecule has 0 fully saturated rings. The number of hydrogen-bond acceptors (Lipinski definition) is 3. The van der Waals surface area contributed by atoms with Crippen molar-refractivity contribution in [1.82, 2.24) is 10.3 Å². The van der Waals surface area contributed by atoms with Crippen molar-refractivity contribution in [3.63, 3.8) is 0 Å². The number of ether oxygens (including phenoxy) is 1. The molecule has 2 aromatic rings. The molecule has 0 unspecified atom stereocenters. The highest BCUT2D eigenvalue weighted by Gasteiger charge is 2.05. The summed E-state index contributed by atoms with van der Waals surface area (Å²) in [7, 11) is 0. The second-order valence-electron chi connectivity index (χ2n) is 5.18. The van der Waals surface area contributed by atoms with Gasteiger partial charge in [0.05, 0.1) is 10.7 Å². The lowest BCUT2D eigenvalue weighted by molar-refractivity contribution is 0.479. The van der Waals surface area contributed by atoms with Crippen LogP contribution in [0.4, 0.5) is 0 Å². The second kappa shape index (κ2) is 7.78. The summed E-state index contributed by atoms with van der Waals surface area (Å²) in [5, 5.41) is 3.93. The van der Waals surface area contributed by atoms with E-state index in [2.05, 4.69) is 40.1 Å². The first kappa shape index (κ1) is 16.3. The fourth-order valence-corrected chi connectivity index (χ4v) is 2.50. The van der Waals surface area contributed by atoms with Gasteiger partial charge in [0, 0.05) is 23.3 Å². The van der Waals surface area contributed by atoms with Crippen LogP contribution in [-0.2, 0) is 6.54 Å². The average Bonchev–Trinajstić information content (AvgIpc) is 2.42. The minimum atomic E-state index is 0.570. The summed E-state index contributed by atoms with van der Waals surface area (Å²) in [5.41, 5.74) is 0.946. The first-order valence-electron chi connectivity index (χ1n) is 6.83. The third kappa shape index (κ3) is 5.30. The third-order valence-electron chi connectivity index (χ3n) is 2.77. The zero-order valence-electron chi connectivity index (χ0n) is 12.1. The van der Waals surface area contributed by atoms with Gasteiger partial charge in [-0.1, -0.05) is 41.4 Å². The van der Waals surface area contributed by atoms with Crippen LogP contribution in [0.25, 0.3) is 0 Å². The molecule has 0 spiro atoms. The van der Waals surface area contributed by atoms with E-state index in [1.165, 1.54) is 0 Å². The maximum atomic E-state index is 6.15. The van der Waals surface area contributed by atoms with Crippen molar-refractivity contribution >= 4 is 27.5 Å². The summed E-state index contributed by atoms with van der Waals surface area (Å²) in [6.45, 7) is 6.04. The Balaban J connectivity index is 2.03. The SMILES string of the molecule is CC(C)CNCc1cc(Oc2ccc(Br)cc2Cl)ccn1. The summed E-state index contributed by atoms with van der Waals surface area (Å²) < 4.78 is 6.74. The number of aromatic nitrogens is 1. The summed E-state index contributed by atoms with van der Waals surface area (Å²) in [5.74, 6) is 1.98. The largest absolute Gasteiger partial charge is 0.456 e. The van der Waals surface area contributed by atoms with E-state index in [4.69, 9.17) is 16.3 Å². The van der Waals surface area contributed by atoms with Crippen LogP contribution >= 0.6 is 27.5 Å². The molecule has 21 heavy (non-hydrogen) atoms. The first-order chi connectivity index (χ1) is 10.0. The normalized spacial score (nSPS) is 10.9. The van der Waals surface area contributed by atoms with Crippen LogP contribution in [0.3, 0.4) is 0 Å². The molecule has 1 heterocycles. The highest BCUT2D eigenvalue weighted by Crippen LogP contribution is 2.31. The zero-order valence-corrected chi connectivity index (χ0v) is 14.4. The summed E-state index contributed by atoms with van der Waals surface area (Å²) in [4.78, 5) is 4.33. The Hall–Kier alpha value is -1.10. The quantitative estimate of drug-likeness (QED) is 0.775. The van der Waals surface area contributed by atoms with Gasteiger partial charge in [-0.3, -0.25) is 4.98 Å². The summed E-state index contributed by atoms with van der Waals surface area (Å²) >= 11 is 9.53. The lowest BCUT2D eigenvalue weighted by Gasteiger charge is -2.10. The molecule has 0 saturated heterocycles. The molecule has 0 amide bonds. The molecule has 0 bridgehead atoms. The fraction of sp³-hybridized carbons (Fsp3) is 0.312. The first-order valence-corrected chi connectivity index (χ1v) is 8.00. The molecule has 112 valence electrons. The van der Waals surface area contributed by atoms with Crippen LogP contribution in [0.1, 0.15) is 19.5 Å². The predicted molar refractivity (Wildman–Crippen MR) is 90.0 cm³/mol. The monoisotopic (exact) mass is 368 g/mol. The van der Waals surface area contributed by atoms with Gasteiger partial charge in [0.25, 0.3) is 0 Å². The standard InChI is InChI=1S/C16H18BrClN2O/c1-11(2)9-19-10-13-8-14(5-6-20-13)21-16-4-3-12(17)7-15(16)18/h3-8,11,19H,9-10H2,1-2H3. The molecular weight excluding hydrogens is 352 g/mol.